The monoisotopic (exact) mass is 376 g/mol. The third kappa shape index (κ3) is 7.90. The largest absolute Gasteiger partial charge is 0.481 e. The van der Waals surface area contributed by atoms with E-state index in [0.29, 0.717) is 0 Å². The van der Waals surface area contributed by atoms with Crippen molar-refractivity contribution in [2.75, 3.05) is 0 Å². The molecular weight excluding hydrogens is 352 g/mol. The fourth-order valence-corrected chi connectivity index (χ4v) is 1.65. The fraction of sp³-hybridized carbons (Fsp3) is 0.643. The fourth-order valence-electron chi connectivity index (χ4n) is 1.65. The van der Waals surface area contributed by atoms with Crippen molar-refractivity contribution in [3.63, 3.8) is 0 Å². The second-order valence-corrected chi connectivity index (χ2v) is 5.72. The number of rotatable bonds is 10. The molecule has 0 rings (SSSR count). The molecule has 0 saturated heterocycles. The van der Waals surface area contributed by atoms with Crippen LogP contribution in [-0.4, -0.2) is 75.3 Å². The number of nitrogens with one attached hydrogen (secondary N) is 3. The summed E-state index contributed by atoms with van der Waals surface area (Å²) in [4.78, 5) is 57.4. The lowest BCUT2D eigenvalue weighted by Crippen LogP contribution is -2.57. The molecule has 0 aliphatic carbocycles. The quantitative estimate of drug-likeness (QED) is 0.204. The average molecular weight is 376 g/mol. The SMILES string of the molecule is CC(NC(=O)C(C)NC(=O)C(CC(=O)O)NC(=O)C(N)C(C)O)C(=O)O. The number of aliphatic carboxylic acids is 2. The molecule has 3 amide bonds. The summed E-state index contributed by atoms with van der Waals surface area (Å²) in [5.41, 5.74) is 5.41. The Hall–Kier alpha value is -2.73. The first-order chi connectivity index (χ1) is 11.9. The third-order valence-corrected chi connectivity index (χ3v) is 3.32. The highest BCUT2D eigenvalue weighted by Gasteiger charge is 2.29. The van der Waals surface area contributed by atoms with Gasteiger partial charge in [-0.05, 0) is 20.8 Å². The van der Waals surface area contributed by atoms with Gasteiger partial charge in [0.2, 0.25) is 17.7 Å². The molecule has 5 atom stereocenters. The van der Waals surface area contributed by atoms with Crippen molar-refractivity contribution in [3.05, 3.63) is 0 Å². The van der Waals surface area contributed by atoms with E-state index in [4.69, 9.17) is 15.9 Å². The van der Waals surface area contributed by atoms with Gasteiger partial charge in [-0.1, -0.05) is 0 Å². The zero-order valence-corrected chi connectivity index (χ0v) is 14.6. The number of hydrogen-bond donors (Lipinski definition) is 7. The summed E-state index contributed by atoms with van der Waals surface area (Å²) in [6, 6.07) is -5.31. The summed E-state index contributed by atoms with van der Waals surface area (Å²) < 4.78 is 0. The Bertz CT molecular complexity index is 565. The maximum absolute atomic E-state index is 12.2. The second-order valence-electron chi connectivity index (χ2n) is 5.72. The van der Waals surface area contributed by atoms with E-state index in [9.17, 15) is 29.1 Å². The van der Waals surface area contributed by atoms with Gasteiger partial charge in [0.1, 0.15) is 24.2 Å². The minimum Gasteiger partial charge on any atom is -0.481 e. The molecule has 12 nitrogen and oxygen atoms in total. The minimum absolute atomic E-state index is 0.788. The van der Waals surface area contributed by atoms with E-state index >= 15 is 0 Å². The normalized spacial score (nSPS) is 16.3. The molecule has 26 heavy (non-hydrogen) atoms. The Morgan fingerprint density at radius 3 is 1.77 bits per heavy atom. The molecule has 0 fully saturated rings. The predicted octanol–water partition coefficient (Wildman–Crippen LogP) is -3.25. The van der Waals surface area contributed by atoms with Crippen LogP contribution >= 0.6 is 0 Å². The first-order valence-electron chi connectivity index (χ1n) is 7.66. The highest BCUT2D eigenvalue weighted by atomic mass is 16.4. The van der Waals surface area contributed by atoms with Crippen molar-refractivity contribution in [2.45, 2.75) is 57.5 Å². The van der Waals surface area contributed by atoms with Gasteiger partial charge in [-0.3, -0.25) is 24.0 Å². The molecule has 0 aliphatic rings. The number of amides is 3. The van der Waals surface area contributed by atoms with E-state index < -0.39 is 66.4 Å². The van der Waals surface area contributed by atoms with Crippen molar-refractivity contribution >= 4 is 29.7 Å². The molecule has 0 aromatic rings. The van der Waals surface area contributed by atoms with Gasteiger partial charge in [-0.2, -0.15) is 0 Å². The summed E-state index contributed by atoms with van der Waals surface area (Å²) >= 11 is 0. The topological polar surface area (TPSA) is 208 Å². The highest BCUT2D eigenvalue weighted by Crippen LogP contribution is 1.98. The lowest BCUT2D eigenvalue weighted by Gasteiger charge is -2.22. The van der Waals surface area contributed by atoms with Crippen LogP contribution in [0.1, 0.15) is 27.2 Å². The van der Waals surface area contributed by atoms with E-state index in [2.05, 4.69) is 16.0 Å². The number of carbonyl (C=O) groups is 5. The Morgan fingerprint density at radius 1 is 0.846 bits per heavy atom. The van der Waals surface area contributed by atoms with Crippen molar-refractivity contribution in [1.82, 2.24) is 16.0 Å². The summed E-state index contributed by atoms with van der Waals surface area (Å²) in [6.45, 7) is 3.72. The standard InChI is InChI=1S/C14H24N4O8/c1-5(11(22)17-6(2)14(25)26)16-12(23)8(4-9(20)21)18-13(24)10(15)7(3)19/h5-8,10,19H,4,15H2,1-3H3,(H,16,23)(H,17,22)(H,18,24)(H,20,21)(H,25,26). The minimum atomic E-state index is -1.54. The third-order valence-electron chi connectivity index (χ3n) is 3.32. The molecule has 5 unspecified atom stereocenters. The number of carboxylic acids is 2. The van der Waals surface area contributed by atoms with Gasteiger partial charge >= 0.3 is 11.9 Å². The average Bonchev–Trinajstić information content (AvgIpc) is 2.52. The van der Waals surface area contributed by atoms with Crippen LogP contribution in [0.15, 0.2) is 0 Å². The molecule has 0 radical (unpaired) electrons. The Kier molecular flexibility index (Phi) is 9.22. The van der Waals surface area contributed by atoms with Crippen molar-refractivity contribution in [3.8, 4) is 0 Å². The maximum Gasteiger partial charge on any atom is 0.325 e. The molecule has 0 aliphatic heterocycles. The van der Waals surface area contributed by atoms with Gasteiger partial charge in [0.15, 0.2) is 0 Å². The number of aliphatic hydroxyl groups is 1. The zero-order chi connectivity index (χ0) is 20.6. The number of nitrogens with two attached hydrogens (primary N) is 1. The Morgan fingerprint density at radius 2 is 1.35 bits per heavy atom. The summed E-state index contributed by atoms with van der Waals surface area (Å²) in [5, 5.41) is 33.3. The highest BCUT2D eigenvalue weighted by molar-refractivity contribution is 5.95. The van der Waals surface area contributed by atoms with Gasteiger partial charge in [0.25, 0.3) is 0 Å². The molecule has 0 bridgehead atoms. The van der Waals surface area contributed by atoms with Crippen molar-refractivity contribution in [1.29, 1.82) is 0 Å². The molecule has 0 heterocycles. The molecule has 12 heteroatoms. The Labute approximate surface area is 149 Å². The lowest BCUT2D eigenvalue weighted by atomic mass is 10.1. The van der Waals surface area contributed by atoms with Gasteiger partial charge in [0, 0.05) is 0 Å². The summed E-state index contributed by atoms with van der Waals surface area (Å²) in [7, 11) is 0. The summed E-state index contributed by atoms with van der Waals surface area (Å²) in [6.07, 6.45) is -2.02. The molecule has 0 spiro atoms. The number of carbonyl (C=O) groups excluding carboxylic acids is 3. The van der Waals surface area contributed by atoms with Crippen LogP contribution in [0, 0.1) is 0 Å². The van der Waals surface area contributed by atoms with Gasteiger partial charge in [0.05, 0.1) is 12.5 Å². The first kappa shape index (κ1) is 23.3. The van der Waals surface area contributed by atoms with E-state index in [1.54, 1.807) is 0 Å². The smallest absolute Gasteiger partial charge is 0.325 e. The Balaban J connectivity index is 4.97. The first-order valence-corrected chi connectivity index (χ1v) is 7.66. The summed E-state index contributed by atoms with van der Waals surface area (Å²) in [5.74, 6) is -5.41. The van der Waals surface area contributed by atoms with E-state index in [-0.39, 0.29) is 0 Å². The lowest BCUT2D eigenvalue weighted by molar-refractivity contribution is -0.143. The van der Waals surface area contributed by atoms with Crippen LogP contribution in [0.25, 0.3) is 0 Å². The molecule has 0 aromatic carbocycles. The van der Waals surface area contributed by atoms with Crippen LogP contribution in [0.3, 0.4) is 0 Å². The maximum atomic E-state index is 12.2. The predicted molar refractivity (Wildman–Crippen MR) is 86.7 cm³/mol. The van der Waals surface area contributed by atoms with Crippen LogP contribution in [-0.2, 0) is 24.0 Å². The van der Waals surface area contributed by atoms with Crippen LogP contribution in [0.5, 0.6) is 0 Å². The van der Waals surface area contributed by atoms with Gasteiger partial charge < -0.3 is 37.0 Å². The number of hydrogen-bond acceptors (Lipinski definition) is 7. The molecule has 0 aromatic heterocycles. The van der Waals surface area contributed by atoms with E-state index in [1.165, 1.54) is 20.8 Å². The van der Waals surface area contributed by atoms with Gasteiger partial charge in [-0.15, -0.1) is 0 Å². The van der Waals surface area contributed by atoms with Crippen LogP contribution in [0.4, 0.5) is 0 Å². The van der Waals surface area contributed by atoms with Crippen LogP contribution < -0.4 is 21.7 Å². The molecule has 148 valence electrons. The van der Waals surface area contributed by atoms with E-state index in [1.807, 2.05) is 0 Å². The van der Waals surface area contributed by atoms with E-state index in [0.717, 1.165) is 0 Å². The molecule has 8 N–H and O–H groups in total. The molecule has 0 saturated carbocycles. The van der Waals surface area contributed by atoms with Crippen molar-refractivity contribution < 1.29 is 39.3 Å². The van der Waals surface area contributed by atoms with Gasteiger partial charge in [-0.25, -0.2) is 0 Å². The van der Waals surface area contributed by atoms with Crippen molar-refractivity contribution in [2.24, 2.45) is 5.73 Å². The molecular formula is C14H24N4O8. The van der Waals surface area contributed by atoms with Crippen LogP contribution in [0.2, 0.25) is 0 Å². The zero-order valence-electron chi connectivity index (χ0n) is 14.6. The second kappa shape index (κ2) is 10.3. The number of aliphatic hydroxyl groups excluding tert-OH is 1. The number of carboxylic acid groups (broad SMARTS) is 2.